The van der Waals surface area contributed by atoms with E-state index in [0.29, 0.717) is 17.5 Å². The van der Waals surface area contributed by atoms with E-state index in [1.807, 2.05) is 12.1 Å². The summed E-state index contributed by atoms with van der Waals surface area (Å²) in [7, 11) is 0. The lowest BCUT2D eigenvalue weighted by molar-refractivity contribution is 1.08. The fraction of sp³-hybridized carbons (Fsp3) is 0. The third-order valence-corrected chi connectivity index (χ3v) is 9.13. The molecule has 1 aromatic heterocycles. The second-order valence-corrected chi connectivity index (χ2v) is 12.0. The molecule has 0 aliphatic carbocycles. The molecule has 0 atom stereocenters. The Morgan fingerprint density at radius 3 is 1.25 bits per heavy atom. The van der Waals surface area contributed by atoms with Crippen molar-refractivity contribution in [2.45, 2.75) is 0 Å². The zero-order chi connectivity index (χ0) is 31.9. The van der Waals surface area contributed by atoms with Crippen LogP contribution in [0.5, 0.6) is 0 Å². The number of hydrogen-bond acceptors (Lipinski definition) is 3. The van der Waals surface area contributed by atoms with Gasteiger partial charge in [0.2, 0.25) is 0 Å². The van der Waals surface area contributed by atoms with Gasteiger partial charge in [0.25, 0.3) is 0 Å². The molecular weight excluding hydrogens is 583 g/mol. The minimum absolute atomic E-state index is 0.642. The third-order valence-electron chi connectivity index (χ3n) is 9.13. The molecule has 0 saturated carbocycles. The predicted molar refractivity (Wildman–Crippen MR) is 200 cm³/mol. The van der Waals surface area contributed by atoms with Crippen LogP contribution in [0.15, 0.2) is 176 Å². The number of fused-ring (bicyclic) bond motifs is 5. The summed E-state index contributed by atoms with van der Waals surface area (Å²) < 4.78 is 0. The summed E-state index contributed by atoms with van der Waals surface area (Å²) in [5.41, 5.74) is 7.52. The van der Waals surface area contributed by atoms with E-state index < -0.39 is 0 Å². The Labute approximate surface area is 278 Å². The van der Waals surface area contributed by atoms with Crippen molar-refractivity contribution in [3.05, 3.63) is 176 Å². The Hall–Kier alpha value is -6.45. The minimum atomic E-state index is 0.642. The van der Waals surface area contributed by atoms with E-state index in [1.54, 1.807) is 0 Å². The van der Waals surface area contributed by atoms with Gasteiger partial charge in [0.1, 0.15) is 0 Å². The highest BCUT2D eigenvalue weighted by Gasteiger charge is 2.17. The van der Waals surface area contributed by atoms with Gasteiger partial charge in [0, 0.05) is 22.1 Å². The third kappa shape index (κ3) is 4.99. The average Bonchev–Trinajstić information content (AvgIpc) is 3.18. The maximum Gasteiger partial charge on any atom is 0.164 e. The standard InChI is InChI=1S/C45H29N3/c1-3-10-30(11-4-1)32-18-26-37(27-19-32)43-46-44(38-28-20-33(21-29-38)31-12-5-2-6-13-31)48-45(47-43)40-17-9-15-35-24-25-36-23-22-34-14-7-8-16-39(34)41(36)42(35)40/h1-29H. The first-order valence-corrected chi connectivity index (χ1v) is 16.2. The maximum absolute atomic E-state index is 5.18. The van der Waals surface area contributed by atoms with Crippen molar-refractivity contribution in [1.82, 2.24) is 15.0 Å². The van der Waals surface area contributed by atoms with Gasteiger partial charge < -0.3 is 0 Å². The molecule has 0 radical (unpaired) electrons. The van der Waals surface area contributed by atoms with E-state index in [9.17, 15) is 0 Å². The lowest BCUT2D eigenvalue weighted by Crippen LogP contribution is -2.01. The number of hydrogen-bond donors (Lipinski definition) is 0. The van der Waals surface area contributed by atoms with Gasteiger partial charge in [0.15, 0.2) is 17.5 Å². The van der Waals surface area contributed by atoms with E-state index in [2.05, 4.69) is 164 Å². The van der Waals surface area contributed by atoms with Gasteiger partial charge in [-0.15, -0.1) is 0 Å². The van der Waals surface area contributed by atoms with Crippen LogP contribution in [0.4, 0.5) is 0 Å². The monoisotopic (exact) mass is 611 g/mol. The molecule has 0 saturated heterocycles. The van der Waals surface area contributed by atoms with Crippen molar-refractivity contribution in [3.63, 3.8) is 0 Å². The van der Waals surface area contributed by atoms with Crippen molar-refractivity contribution in [1.29, 1.82) is 0 Å². The average molecular weight is 612 g/mol. The highest BCUT2D eigenvalue weighted by molar-refractivity contribution is 6.23. The van der Waals surface area contributed by atoms with Crippen LogP contribution < -0.4 is 0 Å². The highest BCUT2D eigenvalue weighted by Crippen LogP contribution is 2.38. The SMILES string of the molecule is c1ccc(-c2ccc(-c3nc(-c4ccc(-c5ccccc5)cc4)nc(-c4cccc5ccc6ccc7ccccc7c6c45)n3)cc2)cc1. The molecule has 0 aliphatic rings. The van der Waals surface area contributed by atoms with Gasteiger partial charge in [0.05, 0.1) is 0 Å². The van der Waals surface area contributed by atoms with Crippen LogP contribution in [0.1, 0.15) is 0 Å². The molecule has 9 aromatic rings. The summed E-state index contributed by atoms with van der Waals surface area (Å²) >= 11 is 0. The topological polar surface area (TPSA) is 38.7 Å². The maximum atomic E-state index is 5.18. The van der Waals surface area contributed by atoms with Crippen LogP contribution >= 0.6 is 0 Å². The molecule has 0 N–H and O–H groups in total. The van der Waals surface area contributed by atoms with E-state index in [4.69, 9.17) is 15.0 Å². The number of aromatic nitrogens is 3. The van der Waals surface area contributed by atoms with E-state index >= 15 is 0 Å². The number of benzene rings is 8. The van der Waals surface area contributed by atoms with Gasteiger partial charge in [-0.3, -0.25) is 0 Å². The molecule has 3 nitrogen and oxygen atoms in total. The normalized spacial score (nSPS) is 11.3. The zero-order valence-electron chi connectivity index (χ0n) is 26.1. The smallest absolute Gasteiger partial charge is 0.164 e. The quantitative estimate of drug-likeness (QED) is 0.182. The van der Waals surface area contributed by atoms with Crippen LogP contribution in [0.2, 0.25) is 0 Å². The van der Waals surface area contributed by atoms with Crippen LogP contribution in [-0.4, -0.2) is 15.0 Å². The van der Waals surface area contributed by atoms with Crippen molar-refractivity contribution >= 4 is 32.3 Å². The molecule has 0 aliphatic heterocycles. The van der Waals surface area contributed by atoms with Gasteiger partial charge in [-0.2, -0.15) is 0 Å². The molecule has 0 spiro atoms. The second kappa shape index (κ2) is 11.7. The van der Waals surface area contributed by atoms with E-state index in [1.165, 1.54) is 32.7 Å². The summed E-state index contributed by atoms with van der Waals surface area (Å²) in [6.45, 7) is 0. The molecular formula is C45H29N3. The van der Waals surface area contributed by atoms with Crippen molar-refractivity contribution < 1.29 is 0 Å². The fourth-order valence-electron chi connectivity index (χ4n) is 6.70. The van der Waals surface area contributed by atoms with Crippen LogP contribution in [0, 0.1) is 0 Å². The lowest BCUT2D eigenvalue weighted by Gasteiger charge is -2.14. The van der Waals surface area contributed by atoms with Gasteiger partial charge >= 0.3 is 0 Å². The zero-order valence-corrected chi connectivity index (χ0v) is 26.1. The number of rotatable bonds is 5. The molecule has 224 valence electrons. The molecule has 3 heteroatoms. The molecule has 48 heavy (non-hydrogen) atoms. The van der Waals surface area contributed by atoms with Gasteiger partial charge in [-0.05, 0) is 49.2 Å². The summed E-state index contributed by atoms with van der Waals surface area (Å²) in [6, 6.07) is 61.6. The largest absolute Gasteiger partial charge is 0.208 e. The number of nitrogens with zero attached hydrogens (tertiary/aromatic N) is 3. The Morgan fingerprint density at radius 1 is 0.250 bits per heavy atom. The Kier molecular flexibility index (Phi) is 6.80. The molecule has 0 bridgehead atoms. The summed E-state index contributed by atoms with van der Waals surface area (Å²) in [6.07, 6.45) is 0. The predicted octanol–water partition coefficient (Wildman–Crippen LogP) is 11.7. The van der Waals surface area contributed by atoms with Crippen molar-refractivity contribution in [2.24, 2.45) is 0 Å². The highest BCUT2D eigenvalue weighted by atomic mass is 15.0. The first kappa shape index (κ1) is 27.8. The van der Waals surface area contributed by atoms with E-state index in [0.717, 1.165) is 38.6 Å². The first-order chi connectivity index (χ1) is 23.8. The van der Waals surface area contributed by atoms with Crippen molar-refractivity contribution in [2.75, 3.05) is 0 Å². The minimum Gasteiger partial charge on any atom is -0.208 e. The van der Waals surface area contributed by atoms with Crippen LogP contribution in [-0.2, 0) is 0 Å². The second-order valence-electron chi connectivity index (χ2n) is 12.0. The Balaban J connectivity index is 1.26. The van der Waals surface area contributed by atoms with Gasteiger partial charge in [-0.25, -0.2) is 15.0 Å². The summed E-state index contributed by atoms with van der Waals surface area (Å²) in [5, 5.41) is 7.13. The molecule has 0 unspecified atom stereocenters. The van der Waals surface area contributed by atoms with Crippen LogP contribution in [0.25, 0.3) is 88.7 Å². The Morgan fingerprint density at radius 2 is 0.667 bits per heavy atom. The molecule has 1 heterocycles. The van der Waals surface area contributed by atoms with Crippen LogP contribution in [0.3, 0.4) is 0 Å². The molecule has 8 aromatic carbocycles. The fourth-order valence-corrected chi connectivity index (χ4v) is 6.70. The molecule has 9 rings (SSSR count). The lowest BCUT2D eigenvalue weighted by atomic mass is 9.93. The van der Waals surface area contributed by atoms with Gasteiger partial charge in [-0.1, -0.05) is 176 Å². The summed E-state index contributed by atoms with van der Waals surface area (Å²) in [5.74, 6) is 1.94. The molecule has 0 amide bonds. The molecule has 0 fully saturated rings. The van der Waals surface area contributed by atoms with E-state index in [-0.39, 0.29) is 0 Å². The Bertz CT molecular complexity index is 2470. The van der Waals surface area contributed by atoms with Crippen molar-refractivity contribution in [3.8, 4) is 56.4 Å². The first-order valence-electron chi connectivity index (χ1n) is 16.2. The summed E-state index contributed by atoms with van der Waals surface area (Å²) in [4.78, 5) is 15.4.